The van der Waals surface area contributed by atoms with Crippen molar-refractivity contribution in [2.75, 3.05) is 38.5 Å². The third kappa shape index (κ3) is 4.87. The molecule has 3 heterocycles. The Kier molecular flexibility index (Phi) is 6.68. The molecule has 0 unspecified atom stereocenters. The standard InChI is InChI=1S/C23H28F3N3O3S/c1-2-33(31,32)29-11-5-6-17-14-27-21(19(17)15-29)22(30)28-12-9-16(10-13-28)18-7-3-4-8-20(18)23(24,25)26/h3-4,7-8,16H,2,5-6,9-15H2,1H3. The van der Waals surface area contributed by atoms with E-state index in [0.29, 0.717) is 63.1 Å². The largest absolute Gasteiger partial charge is 0.416 e. The zero-order valence-electron chi connectivity index (χ0n) is 18.6. The maximum atomic E-state index is 13.4. The highest BCUT2D eigenvalue weighted by Gasteiger charge is 2.38. The quantitative estimate of drug-likeness (QED) is 0.657. The summed E-state index contributed by atoms with van der Waals surface area (Å²) in [6.07, 6.45) is -2.13. The monoisotopic (exact) mass is 483 g/mol. The van der Waals surface area contributed by atoms with Crippen LogP contribution in [0.1, 0.15) is 49.7 Å². The summed E-state index contributed by atoms with van der Waals surface area (Å²) in [5.74, 6) is -0.517. The summed E-state index contributed by atoms with van der Waals surface area (Å²) >= 11 is 0. The van der Waals surface area contributed by atoms with Gasteiger partial charge in [-0.25, -0.2) is 8.42 Å². The van der Waals surface area contributed by atoms with Crippen molar-refractivity contribution in [2.45, 2.75) is 44.7 Å². The second kappa shape index (κ2) is 9.21. The van der Waals surface area contributed by atoms with E-state index in [1.165, 1.54) is 16.4 Å². The lowest BCUT2D eigenvalue weighted by molar-refractivity contribution is -0.138. The Morgan fingerprint density at radius 2 is 1.85 bits per heavy atom. The molecule has 0 atom stereocenters. The summed E-state index contributed by atoms with van der Waals surface area (Å²) in [4.78, 5) is 19.4. The Bertz CT molecular complexity index is 1090. The first-order valence-electron chi connectivity index (χ1n) is 11.3. The summed E-state index contributed by atoms with van der Waals surface area (Å²) < 4.78 is 66.5. The van der Waals surface area contributed by atoms with Gasteiger partial charge >= 0.3 is 6.18 Å². The van der Waals surface area contributed by atoms with Crippen LogP contribution in [0.3, 0.4) is 0 Å². The van der Waals surface area contributed by atoms with E-state index < -0.39 is 21.8 Å². The van der Waals surface area contributed by atoms with E-state index >= 15 is 0 Å². The number of carbonyl (C=O) groups is 1. The highest BCUT2D eigenvalue weighted by molar-refractivity contribution is 7.89. The van der Waals surface area contributed by atoms with Crippen molar-refractivity contribution in [3.8, 4) is 0 Å². The third-order valence-corrected chi connectivity index (χ3v) is 8.64. The van der Waals surface area contributed by atoms with E-state index in [0.717, 1.165) is 11.6 Å². The minimum atomic E-state index is -4.41. The highest BCUT2D eigenvalue weighted by atomic mass is 32.2. The van der Waals surface area contributed by atoms with Crippen molar-refractivity contribution < 1.29 is 26.4 Å². The lowest BCUT2D eigenvalue weighted by Gasteiger charge is -2.33. The second-order valence-electron chi connectivity index (χ2n) is 8.74. The lowest BCUT2D eigenvalue weighted by Crippen LogP contribution is -2.43. The topological polar surface area (TPSA) is 70.1 Å². The Balaban J connectivity index is 1.46. The molecule has 33 heavy (non-hydrogen) atoms. The Morgan fingerprint density at radius 3 is 2.52 bits per heavy atom. The van der Waals surface area contributed by atoms with Crippen molar-refractivity contribution >= 4 is 21.6 Å². The SMILES string of the molecule is CCS(=O)(=O)N1CCCC2=C(C1)C(C(=O)N1CCC(c3ccccc3C(F)(F)F)CC1)=NC2. The summed E-state index contributed by atoms with van der Waals surface area (Å²) in [5, 5.41) is 0. The van der Waals surface area contributed by atoms with Gasteiger partial charge in [0, 0.05) is 26.2 Å². The fourth-order valence-electron chi connectivity index (χ4n) is 4.94. The van der Waals surface area contributed by atoms with Gasteiger partial charge in [-0.15, -0.1) is 0 Å². The summed E-state index contributed by atoms with van der Waals surface area (Å²) in [6.45, 7) is 3.28. The van der Waals surface area contributed by atoms with Crippen molar-refractivity contribution in [2.24, 2.45) is 4.99 Å². The number of carbonyl (C=O) groups excluding carboxylic acids is 1. The number of piperidine rings is 1. The average Bonchev–Trinajstić information content (AvgIpc) is 3.07. The smallest absolute Gasteiger partial charge is 0.337 e. The number of nitrogens with zero attached hydrogens (tertiary/aromatic N) is 3. The Labute approximate surface area is 192 Å². The van der Waals surface area contributed by atoms with Gasteiger partial charge in [0.05, 0.1) is 17.9 Å². The van der Waals surface area contributed by atoms with E-state index in [2.05, 4.69) is 4.99 Å². The third-order valence-electron chi connectivity index (χ3n) is 6.81. The highest BCUT2D eigenvalue weighted by Crippen LogP contribution is 2.39. The Morgan fingerprint density at radius 1 is 1.15 bits per heavy atom. The molecule has 180 valence electrons. The fourth-order valence-corrected chi connectivity index (χ4v) is 6.04. The molecule has 0 saturated carbocycles. The number of rotatable bonds is 4. The zero-order chi connectivity index (χ0) is 23.8. The van der Waals surface area contributed by atoms with Crippen molar-refractivity contribution in [3.63, 3.8) is 0 Å². The van der Waals surface area contributed by atoms with Gasteiger partial charge < -0.3 is 4.90 Å². The summed E-state index contributed by atoms with van der Waals surface area (Å²) in [6, 6.07) is 5.64. The van der Waals surface area contributed by atoms with Gasteiger partial charge in [0.15, 0.2) is 0 Å². The van der Waals surface area contributed by atoms with Crippen LogP contribution in [0.5, 0.6) is 0 Å². The van der Waals surface area contributed by atoms with Gasteiger partial charge in [0.2, 0.25) is 10.0 Å². The number of hydrogen-bond donors (Lipinski definition) is 0. The van der Waals surface area contributed by atoms with Crippen LogP contribution in [0.15, 0.2) is 40.4 Å². The molecule has 1 saturated heterocycles. The zero-order valence-corrected chi connectivity index (χ0v) is 19.4. The number of amides is 1. The normalized spacial score (nSPS) is 21.1. The number of halogens is 3. The van der Waals surface area contributed by atoms with Crippen LogP contribution in [-0.2, 0) is 21.0 Å². The van der Waals surface area contributed by atoms with Crippen LogP contribution in [-0.4, -0.2) is 67.7 Å². The summed E-state index contributed by atoms with van der Waals surface area (Å²) in [5.41, 5.74) is 1.71. The van der Waals surface area contributed by atoms with Crippen LogP contribution in [0.2, 0.25) is 0 Å². The Hall–Kier alpha value is -2.20. The molecule has 0 aliphatic carbocycles. The number of likely N-dealkylation sites (tertiary alicyclic amines) is 1. The molecular formula is C23H28F3N3O3S. The molecule has 3 aliphatic rings. The molecule has 1 aromatic rings. The van der Waals surface area contributed by atoms with E-state index in [9.17, 15) is 26.4 Å². The van der Waals surface area contributed by atoms with E-state index in [1.54, 1.807) is 17.9 Å². The molecule has 3 aliphatic heterocycles. The number of aliphatic imine (C=N–C) groups is 1. The van der Waals surface area contributed by atoms with Gasteiger partial charge in [-0.05, 0) is 61.3 Å². The first kappa shape index (κ1) is 23.9. The number of hydrogen-bond acceptors (Lipinski definition) is 4. The first-order chi connectivity index (χ1) is 15.6. The van der Waals surface area contributed by atoms with Gasteiger partial charge in [0.1, 0.15) is 5.71 Å². The molecule has 0 N–H and O–H groups in total. The molecule has 10 heteroatoms. The molecule has 6 nitrogen and oxygen atoms in total. The first-order valence-corrected chi connectivity index (χ1v) is 12.9. The minimum absolute atomic E-state index is 0.00293. The molecular weight excluding hydrogens is 455 g/mol. The van der Waals surface area contributed by atoms with Gasteiger partial charge in [0.25, 0.3) is 5.91 Å². The van der Waals surface area contributed by atoms with Crippen molar-refractivity contribution in [1.29, 1.82) is 0 Å². The van der Waals surface area contributed by atoms with Gasteiger partial charge in [-0.3, -0.25) is 9.79 Å². The molecule has 1 aromatic carbocycles. The predicted molar refractivity (Wildman–Crippen MR) is 120 cm³/mol. The summed E-state index contributed by atoms with van der Waals surface area (Å²) in [7, 11) is -3.38. The van der Waals surface area contributed by atoms with Crippen molar-refractivity contribution in [3.05, 3.63) is 46.5 Å². The number of alkyl halides is 3. The van der Waals surface area contributed by atoms with Gasteiger partial charge in [-0.1, -0.05) is 18.2 Å². The van der Waals surface area contributed by atoms with Crippen LogP contribution >= 0.6 is 0 Å². The molecule has 4 rings (SSSR count). The van der Waals surface area contributed by atoms with E-state index in [1.807, 2.05) is 0 Å². The minimum Gasteiger partial charge on any atom is -0.337 e. The second-order valence-corrected chi connectivity index (χ2v) is 11.0. The van der Waals surface area contributed by atoms with E-state index in [-0.39, 0.29) is 29.7 Å². The molecule has 1 fully saturated rings. The number of benzene rings is 1. The lowest BCUT2D eigenvalue weighted by atomic mass is 9.86. The van der Waals surface area contributed by atoms with Crippen LogP contribution in [0.4, 0.5) is 13.2 Å². The molecule has 0 aromatic heterocycles. The average molecular weight is 484 g/mol. The molecule has 0 radical (unpaired) electrons. The van der Waals surface area contributed by atoms with Crippen LogP contribution in [0, 0.1) is 0 Å². The molecule has 0 spiro atoms. The predicted octanol–water partition coefficient (Wildman–Crippen LogP) is 3.61. The molecule has 0 bridgehead atoms. The fraction of sp³-hybridized carbons (Fsp3) is 0.565. The number of sulfonamides is 1. The van der Waals surface area contributed by atoms with E-state index in [4.69, 9.17) is 0 Å². The van der Waals surface area contributed by atoms with Crippen LogP contribution < -0.4 is 0 Å². The van der Waals surface area contributed by atoms with Gasteiger partial charge in [-0.2, -0.15) is 17.5 Å². The molecule has 1 amide bonds. The van der Waals surface area contributed by atoms with Crippen LogP contribution in [0.25, 0.3) is 0 Å². The van der Waals surface area contributed by atoms with Crippen molar-refractivity contribution in [1.82, 2.24) is 9.21 Å². The maximum Gasteiger partial charge on any atom is 0.416 e. The maximum absolute atomic E-state index is 13.4.